The van der Waals surface area contributed by atoms with Gasteiger partial charge in [-0.25, -0.2) is 4.98 Å². The van der Waals surface area contributed by atoms with E-state index in [1.165, 1.54) is 24.8 Å². The minimum atomic E-state index is -0.980. The summed E-state index contributed by atoms with van der Waals surface area (Å²) in [6, 6.07) is 4.02. The fourth-order valence-corrected chi connectivity index (χ4v) is 4.55. The van der Waals surface area contributed by atoms with E-state index in [0.29, 0.717) is 32.5 Å². The van der Waals surface area contributed by atoms with E-state index in [9.17, 15) is 9.90 Å². The van der Waals surface area contributed by atoms with Gasteiger partial charge in [0, 0.05) is 32.6 Å². The number of amides is 1. The number of carbonyl (C=O) groups is 1. The number of ether oxygens (including phenoxy) is 2. The Balaban J connectivity index is 1.33. The Kier molecular flexibility index (Phi) is 9.75. The second kappa shape index (κ2) is 12.5. The van der Waals surface area contributed by atoms with E-state index in [-0.39, 0.29) is 11.9 Å². The number of nitrogens with zero attached hydrogens (tertiary/aromatic N) is 1. The summed E-state index contributed by atoms with van der Waals surface area (Å²) in [6.07, 6.45) is 9.95. The van der Waals surface area contributed by atoms with Crippen molar-refractivity contribution in [1.29, 1.82) is 0 Å². The number of rotatable bonds is 12. The molecule has 2 atom stereocenters. The number of fused-ring (bicyclic) bond motifs is 1. The third kappa shape index (κ3) is 7.15. The minimum Gasteiger partial charge on any atom is -0.381 e. The van der Waals surface area contributed by atoms with Crippen LogP contribution in [-0.2, 0) is 27.1 Å². The van der Waals surface area contributed by atoms with Crippen LogP contribution < -0.4 is 10.6 Å². The van der Waals surface area contributed by atoms with E-state index in [2.05, 4.69) is 22.8 Å². The maximum atomic E-state index is 12.8. The van der Waals surface area contributed by atoms with Crippen molar-refractivity contribution in [3.8, 4) is 0 Å². The van der Waals surface area contributed by atoms with Crippen LogP contribution in [0.4, 0.5) is 5.82 Å². The van der Waals surface area contributed by atoms with E-state index < -0.39 is 11.7 Å². The lowest BCUT2D eigenvalue weighted by molar-refractivity contribution is -0.143. The molecule has 7 nitrogen and oxygen atoms in total. The number of carbonyl (C=O) groups excluding carboxylic acids is 1. The summed E-state index contributed by atoms with van der Waals surface area (Å²) in [6.45, 7) is 4.22. The van der Waals surface area contributed by atoms with Gasteiger partial charge in [0.15, 0.2) is 6.29 Å². The highest BCUT2D eigenvalue weighted by Gasteiger charge is 2.37. The molecule has 0 bridgehead atoms. The number of hydrogen-bond donors (Lipinski definition) is 3. The quantitative estimate of drug-likeness (QED) is 0.335. The number of nitrogens with one attached hydrogen (secondary N) is 2. The van der Waals surface area contributed by atoms with E-state index in [1.807, 2.05) is 6.92 Å². The highest BCUT2D eigenvalue weighted by atomic mass is 16.6. The molecule has 0 saturated carbocycles. The summed E-state index contributed by atoms with van der Waals surface area (Å²) in [5.41, 5.74) is 2.08. The average Bonchev–Trinajstić information content (AvgIpc) is 2.82. The van der Waals surface area contributed by atoms with Crippen molar-refractivity contribution in [2.24, 2.45) is 5.41 Å². The van der Waals surface area contributed by atoms with Gasteiger partial charge in [-0.2, -0.15) is 0 Å². The molecule has 180 valence electrons. The molecule has 1 unspecified atom stereocenters. The molecule has 0 aliphatic carbocycles. The predicted octanol–water partition coefficient (Wildman–Crippen LogP) is 3.59. The molecular weight excluding hydrogens is 406 g/mol. The summed E-state index contributed by atoms with van der Waals surface area (Å²) >= 11 is 0. The molecule has 3 heterocycles. The van der Waals surface area contributed by atoms with Crippen LogP contribution in [0.25, 0.3) is 0 Å². The van der Waals surface area contributed by atoms with Crippen molar-refractivity contribution < 1.29 is 19.4 Å². The van der Waals surface area contributed by atoms with Gasteiger partial charge in [-0.1, -0.05) is 38.7 Å². The summed E-state index contributed by atoms with van der Waals surface area (Å²) < 4.78 is 10.5. The number of unbranched alkanes of at least 4 members (excludes halogenated alkanes) is 4. The zero-order valence-corrected chi connectivity index (χ0v) is 19.8. The highest BCUT2D eigenvalue weighted by molar-refractivity contribution is 5.82. The number of aliphatic hydroxyl groups excluding tert-OH is 1. The highest BCUT2D eigenvalue weighted by Crippen LogP contribution is 2.30. The molecule has 2 aliphatic heterocycles. The fraction of sp³-hybridized carbons (Fsp3) is 0.760. The minimum absolute atomic E-state index is 0.00561. The number of aliphatic hydroxyl groups is 1. The zero-order valence-electron chi connectivity index (χ0n) is 19.8. The van der Waals surface area contributed by atoms with Gasteiger partial charge >= 0.3 is 0 Å². The molecule has 1 fully saturated rings. The molecule has 1 amide bonds. The predicted molar refractivity (Wildman–Crippen MR) is 126 cm³/mol. The van der Waals surface area contributed by atoms with Gasteiger partial charge in [0.1, 0.15) is 5.82 Å². The van der Waals surface area contributed by atoms with Gasteiger partial charge in [-0.3, -0.25) is 4.79 Å². The fourth-order valence-electron chi connectivity index (χ4n) is 4.55. The maximum Gasteiger partial charge on any atom is 0.226 e. The molecular formula is C25H41N3O4. The lowest BCUT2D eigenvalue weighted by Crippen LogP contribution is -2.51. The zero-order chi connectivity index (χ0) is 22.8. The molecule has 0 radical (unpaired) electrons. The van der Waals surface area contributed by atoms with Gasteiger partial charge < -0.3 is 25.2 Å². The van der Waals surface area contributed by atoms with Crippen LogP contribution in [0.3, 0.4) is 0 Å². The van der Waals surface area contributed by atoms with Crippen molar-refractivity contribution in [1.82, 2.24) is 10.3 Å². The lowest BCUT2D eigenvalue weighted by atomic mass is 9.81. The molecule has 1 aromatic rings. The van der Waals surface area contributed by atoms with Crippen LogP contribution in [0.5, 0.6) is 0 Å². The largest absolute Gasteiger partial charge is 0.381 e. The maximum absolute atomic E-state index is 12.8. The summed E-state index contributed by atoms with van der Waals surface area (Å²) in [5.74, 6) is 1.07. The van der Waals surface area contributed by atoms with Gasteiger partial charge in [-0.15, -0.1) is 0 Å². The van der Waals surface area contributed by atoms with Gasteiger partial charge in [0.05, 0.1) is 11.5 Å². The Hall–Kier alpha value is -1.70. The van der Waals surface area contributed by atoms with E-state index >= 15 is 0 Å². The Bertz CT molecular complexity index is 721. The second-order valence-electron chi connectivity index (χ2n) is 9.53. The molecule has 32 heavy (non-hydrogen) atoms. The summed E-state index contributed by atoms with van der Waals surface area (Å²) in [7, 11) is 1.48. The van der Waals surface area contributed by atoms with Crippen molar-refractivity contribution in [2.75, 3.05) is 32.2 Å². The lowest BCUT2D eigenvalue weighted by Gasteiger charge is -2.34. The van der Waals surface area contributed by atoms with Crippen LogP contribution >= 0.6 is 0 Å². The number of anilines is 1. The number of aromatic nitrogens is 1. The van der Waals surface area contributed by atoms with Crippen molar-refractivity contribution in [2.45, 2.75) is 89.9 Å². The molecule has 1 saturated heterocycles. The third-order valence-electron chi connectivity index (χ3n) is 6.95. The number of aryl methyl sites for hydroxylation is 2. The van der Waals surface area contributed by atoms with Crippen molar-refractivity contribution in [3.05, 3.63) is 23.4 Å². The summed E-state index contributed by atoms with van der Waals surface area (Å²) in [4.78, 5) is 17.6. The smallest absolute Gasteiger partial charge is 0.226 e. The topological polar surface area (TPSA) is 92.7 Å². The van der Waals surface area contributed by atoms with E-state index in [1.54, 1.807) is 0 Å². The first kappa shape index (κ1) is 24.9. The van der Waals surface area contributed by atoms with Crippen molar-refractivity contribution in [3.63, 3.8) is 0 Å². The standard InChI is InChI=1S/C25H41N3O4/c1-25(14-17-32-18-15-25)24(30)28-21(23(29)31-2)11-7-5-3-4-6-10-20-13-12-19-9-8-16-26-22(19)27-20/h12-13,21,23,29H,3-11,14-18H2,1-2H3,(H,26,27)(H,28,30)/t21-,23?/m0/s1. The molecule has 1 aromatic heterocycles. The van der Waals surface area contributed by atoms with Gasteiger partial charge in [0.2, 0.25) is 5.91 Å². The molecule has 3 rings (SSSR count). The monoisotopic (exact) mass is 447 g/mol. The van der Waals surface area contributed by atoms with Crippen LogP contribution in [0, 0.1) is 5.41 Å². The van der Waals surface area contributed by atoms with Gasteiger partial charge in [-0.05, 0) is 56.6 Å². The first-order chi connectivity index (χ1) is 15.5. The third-order valence-corrected chi connectivity index (χ3v) is 6.95. The number of methoxy groups -OCH3 is 1. The van der Waals surface area contributed by atoms with Crippen LogP contribution in [0.2, 0.25) is 0 Å². The van der Waals surface area contributed by atoms with E-state index in [0.717, 1.165) is 57.3 Å². The molecule has 0 aromatic carbocycles. The Morgan fingerprint density at radius 3 is 2.78 bits per heavy atom. The molecule has 7 heteroatoms. The van der Waals surface area contributed by atoms with Crippen LogP contribution in [-0.4, -0.2) is 55.2 Å². The van der Waals surface area contributed by atoms with Gasteiger partial charge in [0.25, 0.3) is 0 Å². The average molecular weight is 448 g/mol. The summed E-state index contributed by atoms with van der Waals surface area (Å²) in [5, 5.41) is 16.7. The van der Waals surface area contributed by atoms with E-state index in [4.69, 9.17) is 14.5 Å². The Labute approximate surface area is 192 Å². The first-order valence-corrected chi connectivity index (χ1v) is 12.3. The SMILES string of the molecule is COC(O)[C@H](CCCCCCCc1ccc2c(n1)NCCC2)NC(=O)C1(C)CCOCC1. The van der Waals surface area contributed by atoms with Crippen LogP contribution in [0.15, 0.2) is 12.1 Å². The van der Waals surface area contributed by atoms with Crippen molar-refractivity contribution >= 4 is 11.7 Å². The number of hydrogen-bond acceptors (Lipinski definition) is 6. The molecule has 0 spiro atoms. The normalized spacial score (nSPS) is 19.5. The second-order valence-corrected chi connectivity index (χ2v) is 9.53. The first-order valence-electron chi connectivity index (χ1n) is 12.3. The Morgan fingerprint density at radius 2 is 2.00 bits per heavy atom. The molecule has 2 aliphatic rings. The number of pyridine rings is 1. The van der Waals surface area contributed by atoms with Crippen LogP contribution in [0.1, 0.15) is 76.0 Å². The Morgan fingerprint density at radius 1 is 1.25 bits per heavy atom. The molecule has 3 N–H and O–H groups in total.